The lowest BCUT2D eigenvalue weighted by Gasteiger charge is -2.51. The molecule has 4 nitrogen and oxygen atoms in total. The average molecular weight is 311 g/mol. The molecule has 0 spiro atoms. The van der Waals surface area contributed by atoms with Crippen LogP contribution >= 0.6 is 11.6 Å². The fourth-order valence-corrected chi connectivity index (χ4v) is 2.94. The monoisotopic (exact) mass is 310 g/mol. The highest BCUT2D eigenvalue weighted by atomic mass is 35.5. The summed E-state index contributed by atoms with van der Waals surface area (Å²) in [4.78, 5) is 12.5. The van der Waals surface area contributed by atoms with Gasteiger partial charge in [-0.3, -0.25) is 4.79 Å². The number of anilines is 1. The van der Waals surface area contributed by atoms with Crippen molar-refractivity contribution in [1.29, 1.82) is 0 Å². The highest BCUT2D eigenvalue weighted by molar-refractivity contribution is 6.31. The molecule has 1 aliphatic carbocycles. The minimum absolute atomic E-state index is 0.0515. The van der Waals surface area contributed by atoms with Crippen molar-refractivity contribution in [2.75, 3.05) is 19.0 Å². The molecule has 1 aliphatic rings. The minimum Gasteiger partial charge on any atom is -0.387 e. The number of carbonyl (C=O) groups is 1. The quantitative estimate of drug-likeness (QED) is 0.877. The Balaban J connectivity index is 2.08. The van der Waals surface area contributed by atoms with Crippen LogP contribution in [-0.2, 0) is 4.74 Å². The zero-order valence-corrected chi connectivity index (χ0v) is 13.8. The second-order valence-corrected chi connectivity index (χ2v) is 6.40. The molecule has 1 saturated carbocycles. The maximum atomic E-state index is 12.5. The van der Waals surface area contributed by atoms with Gasteiger partial charge in [-0.15, -0.1) is 0 Å². The summed E-state index contributed by atoms with van der Waals surface area (Å²) in [6, 6.07) is 5.38. The third-order valence-corrected chi connectivity index (χ3v) is 4.58. The number of benzene rings is 1. The van der Waals surface area contributed by atoms with E-state index in [4.69, 9.17) is 16.3 Å². The van der Waals surface area contributed by atoms with Gasteiger partial charge in [0, 0.05) is 35.8 Å². The molecule has 2 N–H and O–H groups in total. The summed E-state index contributed by atoms with van der Waals surface area (Å²) in [7, 11) is 1.79. The van der Waals surface area contributed by atoms with E-state index in [0.717, 1.165) is 12.1 Å². The zero-order chi connectivity index (χ0) is 15.6. The molecular weight excluding hydrogens is 288 g/mol. The number of ether oxygens (including phenoxy) is 1. The van der Waals surface area contributed by atoms with E-state index in [1.807, 2.05) is 13.0 Å². The summed E-state index contributed by atoms with van der Waals surface area (Å²) in [6.07, 6.45) is 1.05. The van der Waals surface area contributed by atoms with Crippen LogP contribution in [0.5, 0.6) is 0 Å². The summed E-state index contributed by atoms with van der Waals surface area (Å²) in [5.74, 6) is -0.102. The van der Waals surface area contributed by atoms with E-state index in [1.54, 1.807) is 19.2 Å². The van der Waals surface area contributed by atoms with Crippen LogP contribution in [0, 0.1) is 5.41 Å². The molecule has 21 heavy (non-hydrogen) atoms. The number of rotatable bonds is 5. The van der Waals surface area contributed by atoms with Gasteiger partial charge >= 0.3 is 0 Å². The Morgan fingerprint density at radius 1 is 1.48 bits per heavy atom. The van der Waals surface area contributed by atoms with Crippen molar-refractivity contribution in [1.82, 2.24) is 5.32 Å². The Morgan fingerprint density at radius 3 is 2.76 bits per heavy atom. The van der Waals surface area contributed by atoms with Crippen LogP contribution in [0.4, 0.5) is 5.69 Å². The highest BCUT2D eigenvalue weighted by Gasteiger charge is 2.49. The molecule has 5 heteroatoms. The number of amides is 1. The van der Waals surface area contributed by atoms with Gasteiger partial charge < -0.3 is 15.4 Å². The molecule has 2 unspecified atom stereocenters. The predicted molar refractivity (Wildman–Crippen MR) is 86.1 cm³/mol. The van der Waals surface area contributed by atoms with E-state index in [2.05, 4.69) is 24.5 Å². The van der Waals surface area contributed by atoms with Crippen molar-refractivity contribution in [2.45, 2.75) is 39.3 Å². The molecule has 1 aromatic carbocycles. The second kappa shape index (κ2) is 6.24. The lowest BCUT2D eigenvalue weighted by Crippen LogP contribution is -2.62. The number of hydrogen-bond acceptors (Lipinski definition) is 3. The Hall–Kier alpha value is -1.26. The topological polar surface area (TPSA) is 50.4 Å². The van der Waals surface area contributed by atoms with Gasteiger partial charge in [0.2, 0.25) is 0 Å². The van der Waals surface area contributed by atoms with Crippen molar-refractivity contribution in [3.63, 3.8) is 0 Å². The summed E-state index contributed by atoms with van der Waals surface area (Å²) in [6.45, 7) is 6.94. The summed E-state index contributed by atoms with van der Waals surface area (Å²) < 4.78 is 5.69. The van der Waals surface area contributed by atoms with E-state index in [1.165, 1.54) is 0 Å². The molecular formula is C16H23ClN2O2. The largest absolute Gasteiger partial charge is 0.387 e. The van der Waals surface area contributed by atoms with Crippen molar-refractivity contribution >= 4 is 23.2 Å². The van der Waals surface area contributed by atoms with Gasteiger partial charge in [-0.05, 0) is 31.5 Å². The number of carbonyl (C=O) groups excluding carboxylic acids is 1. The molecule has 2 atom stereocenters. The number of nitrogens with one attached hydrogen (secondary N) is 2. The fourth-order valence-electron chi connectivity index (χ4n) is 2.77. The van der Waals surface area contributed by atoms with Gasteiger partial charge in [-0.25, -0.2) is 0 Å². The van der Waals surface area contributed by atoms with Crippen LogP contribution in [0.2, 0.25) is 5.02 Å². The molecule has 0 heterocycles. The van der Waals surface area contributed by atoms with Crippen molar-refractivity contribution in [3.8, 4) is 0 Å². The maximum absolute atomic E-state index is 12.5. The normalized spacial score (nSPS) is 23.3. The molecule has 0 bridgehead atoms. The average Bonchev–Trinajstić information content (AvgIpc) is 2.46. The first kappa shape index (κ1) is 16.1. The second-order valence-electron chi connectivity index (χ2n) is 5.97. The van der Waals surface area contributed by atoms with Gasteiger partial charge in [0.15, 0.2) is 0 Å². The molecule has 1 fully saturated rings. The Bertz CT molecular complexity index is 531. The van der Waals surface area contributed by atoms with E-state index in [0.29, 0.717) is 17.2 Å². The lowest BCUT2D eigenvalue weighted by atomic mass is 9.64. The van der Waals surface area contributed by atoms with Gasteiger partial charge in [-0.2, -0.15) is 0 Å². The first-order valence-corrected chi connectivity index (χ1v) is 7.67. The Morgan fingerprint density at radius 2 is 2.19 bits per heavy atom. The fraction of sp³-hybridized carbons (Fsp3) is 0.562. The summed E-state index contributed by atoms with van der Waals surface area (Å²) in [5.41, 5.74) is 1.29. The third-order valence-electron chi connectivity index (χ3n) is 4.35. The number of hydrogen-bond donors (Lipinski definition) is 2. The maximum Gasteiger partial charge on any atom is 0.253 e. The number of halogens is 1. The van der Waals surface area contributed by atoms with Crippen LogP contribution in [-0.4, -0.2) is 31.7 Å². The predicted octanol–water partition coefficient (Wildman–Crippen LogP) is 3.32. The molecule has 0 aromatic heterocycles. The van der Waals surface area contributed by atoms with Crippen molar-refractivity contribution in [3.05, 3.63) is 28.8 Å². The van der Waals surface area contributed by atoms with Crippen LogP contribution in [0.25, 0.3) is 0 Å². The molecule has 0 saturated heterocycles. The minimum atomic E-state index is -0.102. The van der Waals surface area contributed by atoms with E-state index < -0.39 is 0 Å². The lowest BCUT2D eigenvalue weighted by molar-refractivity contribution is -0.111. The standard InChI is InChI=1S/C16H23ClN2O2/c1-5-21-14-9-13(16(14,2)3)19-15(20)11-8-10(17)6-7-12(11)18-4/h6-8,13-14,18H,5,9H2,1-4H3,(H,19,20). The molecule has 0 aliphatic heterocycles. The first-order valence-electron chi connectivity index (χ1n) is 7.30. The van der Waals surface area contributed by atoms with Crippen molar-refractivity contribution in [2.24, 2.45) is 5.41 Å². The van der Waals surface area contributed by atoms with E-state index in [-0.39, 0.29) is 23.5 Å². The van der Waals surface area contributed by atoms with Gasteiger partial charge in [0.05, 0.1) is 11.7 Å². The van der Waals surface area contributed by atoms with Crippen LogP contribution < -0.4 is 10.6 Å². The summed E-state index contributed by atoms with van der Waals surface area (Å²) in [5, 5.41) is 6.67. The van der Waals surface area contributed by atoms with Crippen LogP contribution in [0.3, 0.4) is 0 Å². The molecule has 1 aromatic rings. The van der Waals surface area contributed by atoms with E-state index in [9.17, 15) is 4.79 Å². The van der Waals surface area contributed by atoms with Gasteiger partial charge in [0.25, 0.3) is 5.91 Å². The Labute approximate surface area is 131 Å². The molecule has 2 rings (SSSR count). The van der Waals surface area contributed by atoms with Gasteiger partial charge in [0.1, 0.15) is 0 Å². The van der Waals surface area contributed by atoms with Crippen LogP contribution in [0.15, 0.2) is 18.2 Å². The molecule has 116 valence electrons. The molecule has 1 amide bonds. The third kappa shape index (κ3) is 3.16. The smallest absolute Gasteiger partial charge is 0.253 e. The SMILES string of the molecule is CCOC1CC(NC(=O)c2cc(Cl)ccc2NC)C1(C)C. The van der Waals surface area contributed by atoms with E-state index >= 15 is 0 Å². The molecule has 0 radical (unpaired) electrons. The first-order chi connectivity index (χ1) is 9.90. The van der Waals surface area contributed by atoms with Crippen LogP contribution in [0.1, 0.15) is 37.6 Å². The van der Waals surface area contributed by atoms with Gasteiger partial charge in [-0.1, -0.05) is 25.4 Å². The highest BCUT2D eigenvalue weighted by Crippen LogP contribution is 2.43. The zero-order valence-electron chi connectivity index (χ0n) is 13.0. The summed E-state index contributed by atoms with van der Waals surface area (Å²) >= 11 is 5.99. The van der Waals surface area contributed by atoms with Crippen molar-refractivity contribution < 1.29 is 9.53 Å². The Kier molecular flexibility index (Phi) is 4.79.